The van der Waals surface area contributed by atoms with Gasteiger partial charge < -0.3 is 9.42 Å². The van der Waals surface area contributed by atoms with Gasteiger partial charge >= 0.3 is 0 Å². The summed E-state index contributed by atoms with van der Waals surface area (Å²) in [6.45, 7) is 1.65. The fourth-order valence-corrected chi connectivity index (χ4v) is 4.93. The number of piperidine rings is 1. The minimum absolute atomic E-state index is 0.232. The lowest BCUT2D eigenvalue weighted by atomic mass is 9.94. The normalized spacial score (nSPS) is 20.0. The highest BCUT2D eigenvalue weighted by Crippen LogP contribution is 2.39. The molecule has 1 aliphatic carbocycles. The molecule has 0 bridgehead atoms. The van der Waals surface area contributed by atoms with Crippen molar-refractivity contribution in [1.82, 2.24) is 20.0 Å². The van der Waals surface area contributed by atoms with Crippen LogP contribution in [0, 0.1) is 5.92 Å². The van der Waals surface area contributed by atoms with Crippen LogP contribution in [0.15, 0.2) is 28.8 Å². The topological polar surface area (TPSA) is 72.1 Å². The number of para-hydroxylation sites is 1. The number of aromatic nitrogens is 3. The number of aryl methyl sites for hydroxylation is 1. The van der Waals surface area contributed by atoms with Crippen LogP contribution in [0.1, 0.15) is 54.7 Å². The lowest BCUT2D eigenvalue weighted by Crippen LogP contribution is -2.40. The van der Waals surface area contributed by atoms with Crippen LogP contribution in [0.4, 0.5) is 0 Å². The predicted molar refractivity (Wildman–Crippen MR) is 107 cm³/mol. The van der Waals surface area contributed by atoms with Gasteiger partial charge in [-0.15, -0.1) is 11.3 Å². The van der Waals surface area contributed by atoms with Gasteiger partial charge in [0.15, 0.2) is 5.82 Å². The number of amides is 1. The highest BCUT2D eigenvalue weighted by Gasteiger charge is 2.30. The highest BCUT2D eigenvalue weighted by atomic mass is 32.1. The molecule has 6 nitrogen and oxygen atoms in total. The van der Waals surface area contributed by atoms with Gasteiger partial charge in [-0.3, -0.25) is 4.79 Å². The van der Waals surface area contributed by atoms with Crippen LogP contribution in [-0.2, 0) is 17.6 Å². The van der Waals surface area contributed by atoms with Crippen LogP contribution in [0.5, 0.6) is 0 Å². The van der Waals surface area contributed by atoms with Crippen molar-refractivity contribution in [3.63, 3.8) is 0 Å². The monoisotopic (exact) mass is 396 g/mol. The molecule has 0 N–H and O–H groups in total. The quantitative estimate of drug-likeness (QED) is 0.630. The zero-order chi connectivity index (χ0) is 18.9. The minimum atomic E-state index is 0.232. The van der Waals surface area contributed by atoms with E-state index in [2.05, 4.69) is 21.2 Å². The van der Waals surface area contributed by atoms with Crippen molar-refractivity contribution in [3.05, 3.63) is 41.0 Å². The lowest BCUT2D eigenvalue weighted by Gasteiger charge is -2.32. The van der Waals surface area contributed by atoms with Gasteiger partial charge in [0.2, 0.25) is 11.8 Å². The molecule has 7 heteroatoms. The Morgan fingerprint density at radius 3 is 2.96 bits per heavy atom. The van der Waals surface area contributed by atoms with E-state index in [9.17, 15) is 4.79 Å². The number of thiazole rings is 1. The Labute approximate surface area is 168 Å². The second-order valence-electron chi connectivity index (χ2n) is 7.95. The Hall–Kier alpha value is -2.28. The van der Waals surface area contributed by atoms with Crippen LogP contribution in [-0.4, -0.2) is 39.0 Å². The van der Waals surface area contributed by atoms with E-state index in [0.717, 1.165) is 61.0 Å². The Balaban J connectivity index is 1.15. The molecule has 146 valence electrons. The molecule has 5 rings (SSSR count). The molecular weight excluding hydrogens is 372 g/mol. The van der Waals surface area contributed by atoms with Crippen molar-refractivity contribution < 1.29 is 9.32 Å². The Kier molecular flexibility index (Phi) is 4.84. The molecule has 1 atom stereocenters. The van der Waals surface area contributed by atoms with Crippen LogP contribution in [0.3, 0.4) is 0 Å². The molecule has 1 aromatic carbocycles. The van der Waals surface area contributed by atoms with Gasteiger partial charge in [-0.2, -0.15) is 4.98 Å². The van der Waals surface area contributed by atoms with E-state index in [4.69, 9.17) is 4.52 Å². The molecule has 3 aromatic rings. The Morgan fingerprint density at radius 2 is 2.11 bits per heavy atom. The summed E-state index contributed by atoms with van der Waals surface area (Å²) in [6.07, 6.45) is 6.55. The maximum atomic E-state index is 12.7. The number of carbonyl (C=O) groups excluding carboxylic acids is 1. The fourth-order valence-electron chi connectivity index (χ4n) is 3.96. The maximum Gasteiger partial charge on any atom is 0.229 e. The van der Waals surface area contributed by atoms with Crippen molar-refractivity contribution in [1.29, 1.82) is 0 Å². The molecule has 2 fully saturated rings. The van der Waals surface area contributed by atoms with Gasteiger partial charge in [-0.05, 0) is 43.7 Å². The third kappa shape index (κ3) is 3.94. The van der Waals surface area contributed by atoms with E-state index in [1.54, 1.807) is 11.3 Å². The van der Waals surface area contributed by atoms with Crippen molar-refractivity contribution in [2.24, 2.45) is 5.92 Å². The van der Waals surface area contributed by atoms with Gasteiger partial charge in [0, 0.05) is 38.3 Å². The van der Waals surface area contributed by atoms with Gasteiger partial charge in [0.1, 0.15) is 0 Å². The number of fused-ring (bicyclic) bond motifs is 1. The summed E-state index contributed by atoms with van der Waals surface area (Å²) in [7, 11) is 0. The van der Waals surface area contributed by atoms with E-state index in [-0.39, 0.29) is 5.91 Å². The first-order valence-electron chi connectivity index (χ1n) is 10.2. The summed E-state index contributed by atoms with van der Waals surface area (Å²) >= 11 is 1.69. The second kappa shape index (κ2) is 7.62. The second-order valence-corrected chi connectivity index (χ2v) is 9.07. The molecule has 28 heavy (non-hydrogen) atoms. The van der Waals surface area contributed by atoms with Crippen LogP contribution in [0.2, 0.25) is 0 Å². The van der Waals surface area contributed by atoms with Crippen LogP contribution in [0.25, 0.3) is 10.2 Å². The Bertz CT molecular complexity index is 945. The zero-order valence-corrected chi connectivity index (χ0v) is 16.7. The predicted octanol–water partition coefficient (Wildman–Crippen LogP) is 3.97. The largest absolute Gasteiger partial charge is 0.342 e. The average molecular weight is 397 g/mol. The SMILES string of the molecule is O=C(CCc1nc2ccccc2s1)N1CCCC(Cc2noc(C3CC3)n2)C1. The number of nitrogens with zero attached hydrogens (tertiary/aromatic N) is 4. The van der Waals surface area contributed by atoms with Gasteiger partial charge in [-0.25, -0.2) is 4.98 Å². The molecule has 2 aromatic heterocycles. The summed E-state index contributed by atoms with van der Waals surface area (Å²) in [5, 5.41) is 5.19. The number of hydrogen-bond acceptors (Lipinski definition) is 6. The summed E-state index contributed by atoms with van der Waals surface area (Å²) in [5.41, 5.74) is 1.03. The van der Waals surface area contributed by atoms with Crippen molar-refractivity contribution in [3.8, 4) is 0 Å². The minimum Gasteiger partial charge on any atom is -0.342 e. The molecule has 1 amide bonds. The first-order valence-corrected chi connectivity index (χ1v) is 11.0. The lowest BCUT2D eigenvalue weighted by molar-refractivity contribution is -0.133. The van der Waals surface area contributed by atoms with Crippen molar-refractivity contribution in [2.45, 2.75) is 50.9 Å². The maximum absolute atomic E-state index is 12.7. The highest BCUT2D eigenvalue weighted by molar-refractivity contribution is 7.18. The smallest absolute Gasteiger partial charge is 0.229 e. The van der Waals surface area contributed by atoms with E-state index >= 15 is 0 Å². The van der Waals surface area contributed by atoms with E-state index in [1.165, 1.54) is 17.5 Å². The number of hydrogen-bond donors (Lipinski definition) is 0. The van der Waals surface area contributed by atoms with Gasteiger partial charge in [0.05, 0.1) is 15.2 Å². The van der Waals surface area contributed by atoms with Crippen molar-refractivity contribution >= 4 is 27.5 Å². The van der Waals surface area contributed by atoms with E-state index < -0.39 is 0 Å². The molecule has 1 unspecified atom stereocenters. The molecule has 0 radical (unpaired) electrons. The van der Waals surface area contributed by atoms with E-state index in [0.29, 0.717) is 18.3 Å². The summed E-state index contributed by atoms with van der Waals surface area (Å²) in [5.74, 6) is 2.75. The Morgan fingerprint density at radius 1 is 1.21 bits per heavy atom. The molecule has 1 saturated heterocycles. The number of benzene rings is 1. The van der Waals surface area contributed by atoms with Crippen molar-refractivity contribution in [2.75, 3.05) is 13.1 Å². The summed E-state index contributed by atoms with van der Waals surface area (Å²) in [4.78, 5) is 23.9. The van der Waals surface area contributed by atoms with Crippen LogP contribution < -0.4 is 0 Å². The fraction of sp³-hybridized carbons (Fsp3) is 0.524. The van der Waals surface area contributed by atoms with Crippen LogP contribution >= 0.6 is 11.3 Å². The third-order valence-corrected chi connectivity index (χ3v) is 6.74. The molecule has 1 saturated carbocycles. The molecule has 2 aliphatic rings. The average Bonchev–Trinajstić information content (AvgIpc) is 3.32. The number of likely N-dealkylation sites (tertiary alicyclic amines) is 1. The first-order chi connectivity index (χ1) is 13.7. The first kappa shape index (κ1) is 17.8. The third-order valence-electron chi connectivity index (χ3n) is 5.64. The molecular formula is C21H24N4O2S. The van der Waals surface area contributed by atoms with Gasteiger partial charge in [-0.1, -0.05) is 17.3 Å². The summed E-state index contributed by atoms with van der Waals surface area (Å²) < 4.78 is 6.56. The number of carbonyl (C=O) groups is 1. The zero-order valence-electron chi connectivity index (χ0n) is 15.8. The molecule has 0 spiro atoms. The molecule has 3 heterocycles. The number of rotatable bonds is 6. The van der Waals surface area contributed by atoms with E-state index in [1.807, 2.05) is 23.1 Å². The molecule has 1 aliphatic heterocycles. The summed E-state index contributed by atoms with van der Waals surface area (Å²) in [6, 6.07) is 8.14. The van der Waals surface area contributed by atoms with Gasteiger partial charge in [0.25, 0.3) is 0 Å². The standard InChI is InChI=1S/C21H24N4O2S/c26-20(10-9-19-22-16-5-1-2-6-17(16)28-19)25-11-3-4-14(13-25)12-18-23-21(27-24-18)15-7-8-15/h1-2,5-6,14-15H,3-4,7-13H2.